The van der Waals surface area contributed by atoms with E-state index in [9.17, 15) is 9.59 Å². The number of nitrogens with one attached hydrogen (secondary N) is 1. The zero-order valence-corrected chi connectivity index (χ0v) is 15.9. The summed E-state index contributed by atoms with van der Waals surface area (Å²) in [6.45, 7) is 5.54. The number of carbonyl (C=O) groups is 2. The van der Waals surface area contributed by atoms with Gasteiger partial charge in [0.2, 0.25) is 0 Å². The monoisotopic (exact) mass is 374 g/mol. The molecule has 0 radical (unpaired) electrons. The molecular formula is C19H26N4O4. The Hall–Kier alpha value is -2.73. The van der Waals surface area contributed by atoms with Gasteiger partial charge in [0.25, 0.3) is 0 Å². The van der Waals surface area contributed by atoms with Crippen LogP contribution in [0.15, 0.2) is 35.4 Å². The first-order chi connectivity index (χ1) is 12.8. The lowest BCUT2D eigenvalue weighted by Crippen LogP contribution is -2.48. The molecule has 1 amide bonds. The van der Waals surface area contributed by atoms with Crippen molar-refractivity contribution in [3.8, 4) is 0 Å². The minimum atomic E-state index is -0.615. The molecule has 8 heteroatoms. The summed E-state index contributed by atoms with van der Waals surface area (Å²) in [6, 6.07) is 8.55. The van der Waals surface area contributed by atoms with Gasteiger partial charge in [-0.05, 0) is 51.1 Å². The van der Waals surface area contributed by atoms with E-state index >= 15 is 0 Å². The molecule has 0 spiro atoms. The number of benzene rings is 1. The summed E-state index contributed by atoms with van der Waals surface area (Å²) < 4.78 is 10.6. The number of carbonyl (C=O) groups excluding carboxylic acids is 2. The largest absolute Gasteiger partial charge is 0.461 e. The second kappa shape index (κ2) is 9.28. The van der Waals surface area contributed by atoms with Crippen molar-refractivity contribution in [1.29, 1.82) is 0 Å². The number of esters is 1. The van der Waals surface area contributed by atoms with Crippen LogP contribution in [-0.4, -0.2) is 29.7 Å². The molecule has 2 rings (SSSR count). The molecule has 1 N–H and O–H groups in total. The fourth-order valence-electron chi connectivity index (χ4n) is 3.03. The van der Waals surface area contributed by atoms with E-state index in [0.717, 1.165) is 5.56 Å². The van der Waals surface area contributed by atoms with E-state index in [0.29, 0.717) is 19.3 Å². The van der Waals surface area contributed by atoms with Gasteiger partial charge in [-0.3, -0.25) is 4.79 Å². The molecule has 0 aliphatic heterocycles. The molecule has 0 unspecified atom stereocenters. The number of alkyl carbamates (subject to hydrolysis) is 1. The third kappa shape index (κ3) is 6.83. The second-order valence-corrected chi connectivity index (χ2v) is 7.63. The third-order valence-electron chi connectivity index (χ3n) is 4.28. The van der Waals surface area contributed by atoms with E-state index < -0.39 is 17.7 Å². The topological polar surface area (TPSA) is 113 Å². The average molecular weight is 374 g/mol. The van der Waals surface area contributed by atoms with Crippen LogP contribution in [0.4, 0.5) is 4.79 Å². The molecule has 0 bridgehead atoms. The van der Waals surface area contributed by atoms with Gasteiger partial charge in [0.05, 0.1) is 12.0 Å². The molecule has 146 valence electrons. The Morgan fingerprint density at radius 3 is 2.59 bits per heavy atom. The van der Waals surface area contributed by atoms with Crippen molar-refractivity contribution in [3.63, 3.8) is 0 Å². The van der Waals surface area contributed by atoms with E-state index in [2.05, 4.69) is 15.3 Å². The Morgan fingerprint density at radius 1 is 1.26 bits per heavy atom. The third-order valence-corrected chi connectivity index (χ3v) is 4.28. The van der Waals surface area contributed by atoms with Crippen LogP contribution >= 0.6 is 0 Å². The number of amides is 1. The Morgan fingerprint density at radius 2 is 1.96 bits per heavy atom. The van der Waals surface area contributed by atoms with Crippen LogP contribution in [0.2, 0.25) is 0 Å². The molecule has 0 saturated heterocycles. The fourth-order valence-corrected chi connectivity index (χ4v) is 3.03. The van der Waals surface area contributed by atoms with Gasteiger partial charge in [-0.1, -0.05) is 35.4 Å². The molecule has 27 heavy (non-hydrogen) atoms. The van der Waals surface area contributed by atoms with E-state index in [1.807, 2.05) is 30.3 Å². The lowest BCUT2D eigenvalue weighted by molar-refractivity contribution is -0.151. The van der Waals surface area contributed by atoms with Crippen molar-refractivity contribution in [2.75, 3.05) is 0 Å². The summed E-state index contributed by atoms with van der Waals surface area (Å²) in [5.74, 6) is -0.673. The fraction of sp³-hybridized carbons (Fsp3) is 0.579. The predicted octanol–water partition coefficient (Wildman–Crippen LogP) is 4.10. The summed E-state index contributed by atoms with van der Waals surface area (Å²) in [7, 11) is 0. The molecule has 8 nitrogen and oxygen atoms in total. The van der Waals surface area contributed by atoms with E-state index in [1.54, 1.807) is 20.8 Å². The minimum absolute atomic E-state index is 0.210. The van der Waals surface area contributed by atoms with E-state index in [1.165, 1.54) is 0 Å². The number of rotatable bonds is 5. The first-order valence-electron chi connectivity index (χ1n) is 9.03. The average Bonchev–Trinajstić information content (AvgIpc) is 2.60. The number of hydrogen-bond acceptors (Lipinski definition) is 5. The van der Waals surface area contributed by atoms with Gasteiger partial charge in [0.1, 0.15) is 12.2 Å². The molecule has 1 aliphatic carbocycles. The van der Waals surface area contributed by atoms with Crippen molar-refractivity contribution in [3.05, 3.63) is 46.3 Å². The van der Waals surface area contributed by atoms with Crippen molar-refractivity contribution in [2.45, 2.75) is 64.3 Å². The van der Waals surface area contributed by atoms with E-state index in [-0.39, 0.29) is 24.5 Å². The highest BCUT2D eigenvalue weighted by Crippen LogP contribution is 2.28. The molecule has 1 aliphatic rings. The Kier molecular flexibility index (Phi) is 7.07. The number of azide groups is 1. The van der Waals surface area contributed by atoms with Crippen molar-refractivity contribution >= 4 is 12.1 Å². The molecule has 1 aromatic rings. The minimum Gasteiger partial charge on any atom is -0.461 e. The number of ether oxygens (including phenoxy) is 2. The van der Waals surface area contributed by atoms with Crippen LogP contribution in [0.1, 0.15) is 45.6 Å². The summed E-state index contributed by atoms with van der Waals surface area (Å²) in [4.78, 5) is 27.2. The normalized spacial score (nSPS) is 22.3. The molecule has 1 aromatic carbocycles. The van der Waals surface area contributed by atoms with Crippen LogP contribution in [0.5, 0.6) is 0 Å². The maximum Gasteiger partial charge on any atom is 0.407 e. The van der Waals surface area contributed by atoms with Gasteiger partial charge in [-0.25, -0.2) is 4.79 Å². The van der Waals surface area contributed by atoms with Gasteiger partial charge < -0.3 is 14.8 Å². The first kappa shape index (κ1) is 20.6. The maximum atomic E-state index is 12.4. The van der Waals surface area contributed by atoms with Gasteiger partial charge in [0.15, 0.2) is 0 Å². The van der Waals surface area contributed by atoms with Gasteiger partial charge in [-0.15, -0.1) is 0 Å². The lowest BCUT2D eigenvalue weighted by Gasteiger charge is -2.33. The maximum absolute atomic E-state index is 12.4. The summed E-state index contributed by atoms with van der Waals surface area (Å²) in [5, 5.41) is 6.52. The van der Waals surface area contributed by atoms with Gasteiger partial charge in [-0.2, -0.15) is 0 Å². The number of nitrogens with zero attached hydrogens (tertiary/aromatic N) is 3. The van der Waals surface area contributed by atoms with Crippen LogP contribution in [-0.2, 0) is 20.9 Å². The van der Waals surface area contributed by atoms with Crippen LogP contribution in [0.3, 0.4) is 0 Å². The highest BCUT2D eigenvalue weighted by Gasteiger charge is 2.35. The Labute approximate surface area is 158 Å². The Balaban J connectivity index is 1.91. The summed E-state index contributed by atoms with van der Waals surface area (Å²) in [5.41, 5.74) is 9.13. The highest BCUT2D eigenvalue weighted by molar-refractivity contribution is 5.73. The van der Waals surface area contributed by atoms with Crippen molar-refractivity contribution in [2.24, 2.45) is 11.0 Å². The second-order valence-electron chi connectivity index (χ2n) is 7.63. The molecule has 1 fully saturated rings. The quantitative estimate of drug-likeness (QED) is 0.362. The van der Waals surface area contributed by atoms with Gasteiger partial charge >= 0.3 is 12.1 Å². The summed E-state index contributed by atoms with van der Waals surface area (Å²) >= 11 is 0. The Bertz CT molecular complexity index is 695. The van der Waals surface area contributed by atoms with Gasteiger partial charge in [0, 0.05) is 11.0 Å². The van der Waals surface area contributed by atoms with Crippen molar-refractivity contribution < 1.29 is 19.1 Å². The van der Waals surface area contributed by atoms with E-state index in [4.69, 9.17) is 15.0 Å². The van der Waals surface area contributed by atoms with Crippen molar-refractivity contribution in [1.82, 2.24) is 5.32 Å². The zero-order valence-electron chi connectivity index (χ0n) is 15.9. The van der Waals surface area contributed by atoms with Crippen LogP contribution in [0, 0.1) is 5.92 Å². The smallest absolute Gasteiger partial charge is 0.407 e. The predicted molar refractivity (Wildman–Crippen MR) is 99.7 cm³/mol. The molecule has 3 atom stereocenters. The first-order valence-corrected chi connectivity index (χ1v) is 9.03. The SMILES string of the molecule is CC(C)(C)OC(=O)N[C@H]1CC[C@@H](C(=O)OCc2ccccc2)C[C@@H]1N=[N+]=[N-]. The molecule has 1 saturated carbocycles. The summed E-state index contributed by atoms with van der Waals surface area (Å²) in [6.07, 6.45) is 0.827. The molecule has 0 aromatic heterocycles. The van der Waals surface area contributed by atoms with Crippen LogP contribution < -0.4 is 5.32 Å². The lowest BCUT2D eigenvalue weighted by atomic mass is 9.82. The standard InChI is InChI=1S/C19H26N4O4/c1-19(2,3)27-18(25)21-15-10-9-14(11-16(15)22-23-20)17(24)26-12-13-7-5-4-6-8-13/h4-8,14-16H,9-12H2,1-3H3,(H,21,25)/t14-,15+,16+/m1/s1. The highest BCUT2D eigenvalue weighted by atomic mass is 16.6. The van der Waals surface area contributed by atoms with Crippen LogP contribution in [0.25, 0.3) is 10.4 Å². The number of hydrogen-bond donors (Lipinski definition) is 1. The molecular weight excluding hydrogens is 348 g/mol. The zero-order chi connectivity index (χ0) is 19.9. The molecule has 0 heterocycles.